The Morgan fingerprint density at radius 1 is 1.32 bits per heavy atom. The fourth-order valence-electron chi connectivity index (χ4n) is 1.91. The Kier molecular flexibility index (Phi) is 3.41. The molecule has 0 spiro atoms. The third-order valence-corrected chi connectivity index (χ3v) is 2.78. The summed E-state index contributed by atoms with van der Waals surface area (Å²) >= 11 is 0. The van der Waals surface area contributed by atoms with Crippen molar-refractivity contribution in [2.24, 2.45) is 7.05 Å². The van der Waals surface area contributed by atoms with Crippen molar-refractivity contribution in [3.05, 3.63) is 30.0 Å². The number of ether oxygens (including phenoxy) is 2. The normalized spacial score (nSPS) is 10.3. The highest BCUT2D eigenvalue weighted by molar-refractivity contribution is 5.87. The highest BCUT2D eigenvalue weighted by atomic mass is 16.5. The van der Waals surface area contributed by atoms with E-state index in [0.717, 1.165) is 5.56 Å². The van der Waals surface area contributed by atoms with Crippen molar-refractivity contribution in [1.82, 2.24) is 9.78 Å². The van der Waals surface area contributed by atoms with Gasteiger partial charge in [0.05, 0.1) is 19.9 Å². The van der Waals surface area contributed by atoms with Gasteiger partial charge in [0.15, 0.2) is 17.2 Å². The lowest BCUT2D eigenvalue weighted by Gasteiger charge is -2.12. The van der Waals surface area contributed by atoms with Crippen LogP contribution in [0.15, 0.2) is 24.3 Å². The van der Waals surface area contributed by atoms with Gasteiger partial charge in [0.25, 0.3) is 0 Å². The summed E-state index contributed by atoms with van der Waals surface area (Å²) in [5, 5.41) is 12.9. The van der Waals surface area contributed by atoms with Gasteiger partial charge >= 0.3 is 5.97 Å². The molecule has 1 heterocycles. The lowest BCUT2D eigenvalue weighted by atomic mass is 10.1. The van der Waals surface area contributed by atoms with Gasteiger partial charge in [0, 0.05) is 12.6 Å². The number of aromatic nitrogens is 2. The average Bonchev–Trinajstić information content (AvgIpc) is 2.79. The monoisotopic (exact) mass is 262 g/mol. The van der Waals surface area contributed by atoms with E-state index in [0.29, 0.717) is 17.2 Å². The number of rotatable bonds is 4. The van der Waals surface area contributed by atoms with Crippen molar-refractivity contribution in [3.8, 4) is 22.8 Å². The Labute approximate surface area is 110 Å². The largest absolute Gasteiger partial charge is 0.493 e. The molecule has 0 radical (unpaired) electrons. The molecule has 0 saturated carbocycles. The second-order valence-corrected chi connectivity index (χ2v) is 3.88. The Balaban J connectivity index is 2.61. The molecule has 6 heteroatoms. The second-order valence-electron chi connectivity index (χ2n) is 3.88. The molecule has 1 aromatic heterocycles. The number of hydrogen-bond acceptors (Lipinski definition) is 4. The fraction of sp³-hybridized carbons (Fsp3) is 0.231. The van der Waals surface area contributed by atoms with Crippen molar-refractivity contribution in [1.29, 1.82) is 0 Å². The molecule has 0 bridgehead atoms. The summed E-state index contributed by atoms with van der Waals surface area (Å²) in [7, 11) is 4.77. The molecule has 0 aliphatic carbocycles. The first-order valence-corrected chi connectivity index (χ1v) is 5.57. The van der Waals surface area contributed by atoms with Crippen molar-refractivity contribution in [2.75, 3.05) is 14.2 Å². The molecule has 0 aliphatic rings. The van der Waals surface area contributed by atoms with Crippen LogP contribution in [0.3, 0.4) is 0 Å². The molecule has 6 nitrogen and oxygen atoms in total. The van der Waals surface area contributed by atoms with Crippen LogP contribution < -0.4 is 9.47 Å². The van der Waals surface area contributed by atoms with Crippen molar-refractivity contribution >= 4 is 5.97 Å². The summed E-state index contributed by atoms with van der Waals surface area (Å²) in [5.74, 6) is 0.0618. The molecule has 19 heavy (non-hydrogen) atoms. The van der Waals surface area contributed by atoms with Gasteiger partial charge in [0.2, 0.25) is 0 Å². The second kappa shape index (κ2) is 5.01. The van der Waals surface area contributed by atoms with Crippen LogP contribution in [-0.4, -0.2) is 35.1 Å². The molecule has 1 aromatic carbocycles. The summed E-state index contributed by atoms with van der Waals surface area (Å²) in [6.07, 6.45) is 0. The third-order valence-electron chi connectivity index (χ3n) is 2.78. The smallest absolute Gasteiger partial charge is 0.356 e. The molecule has 2 rings (SSSR count). The molecule has 2 aromatic rings. The van der Waals surface area contributed by atoms with Crippen LogP contribution in [0.1, 0.15) is 10.5 Å². The lowest BCUT2D eigenvalue weighted by Crippen LogP contribution is -2.00. The number of methoxy groups -OCH3 is 2. The Bertz CT molecular complexity index is 619. The zero-order valence-electron chi connectivity index (χ0n) is 10.9. The first-order valence-electron chi connectivity index (χ1n) is 5.57. The van der Waals surface area contributed by atoms with Gasteiger partial charge in [0.1, 0.15) is 0 Å². The van der Waals surface area contributed by atoms with Crippen LogP contribution in [0.4, 0.5) is 0 Å². The maximum atomic E-state index is 10.9. The topological polar surface area (TPSA) is 73.6 Å². The molecule has 0 aliphatic heterocycles. The average molecular weight is 262 g/mol. The molecule has 1 N–H and O–H groups in total. The van der Waals surface area contributed by atoms with E-state index in [1.807, 2.05) is 12.1 Å². The maximum Gasteiger partial charge on any atom is 0.356 e. The van der Waals surface area contributed by atoms with Gasteiger partial charge < -0.3 is 14.6 Å². The van der Waals surface area contributed by atoms with E-state index in [9.17, 15) is 4.79 Å². The van der Waals surface area contributed by atoms with Crippen LogP contribution >= 0.6 is 0 Å². The molecular weight excluding hydrogens is 248 g/mol. The maximum absolute atomic E-state index is 10.9. The Morgan fingerprint density at radius 2 is 2.05 bits per heavy atom. The van der Waals surface area contributed by atoms with Gasteiger partial charge in [-0.3, -0.25) is 4.68 Å². The zero-order chi connectivity index (χ0) is 14.0. The summed E-state index contributed by atoms with van der Waals surface area (Å²) in [6.45, 7) is 0. The highest BCUT2D eigenvalue weighted by Crippen LogP contribution is 2.37. The molecule has 0 unspecified atom stereocenters. The Hall–Kier alpha value is -2.50. The lowest BCUT2D eigenvalue weighted by molar-refractivity contribution is 0.0689. The first-order chi connectivity index (χ1) is 9.08. The van der Waals surface area contributed by atoms with Crippen LogP contribution in [0.25, 0.3) is 11.3 Å². The van der Waals surface area contributed by atoms with Crippen molar-refractivity contribution in [2.45, 2.75) is 0 Å². The number of para-hydroxylation sites is 1. The number of benzene rings is 1. The minimum absolute atomic E-state index is 0.0117. The molecule has 0 saturated heterocycles. The molecular formula is C13H14N2O4. The van der Waals surface area contributed by atoms with E-state index >= 15 is 0 Å². The number of carboxylic acids is 1. The molecule has 0 fully saturated rings. The molecule has 0 amide bonds. The minimum Gasteiger partial charge on any atom is -0.493 e. The predicted octanol–water partition coefficient (Wildman–Crippen LogP) is 1.80. The fourth-order valence-corrected chi connectivity index (χ4v) is 1.91. The number of aromatic carboxylic acids is 1. The van der Waals surface area contributed by atoms with Crippen LogP contribution in [0.2, 0.25) is 0 Å². The molecule has 100 valence electrons. The van der Waals surface area contributed by atoms with Gasteiger partial charge in [-0.05, 0) is 18.2 Å². The number of carboxylic acid groups (broad SMARTS) is 1. The van der Waals surface area contributed by atoms with Crippen molar-refractivity contribution < 1.29 is 19.4 Å². The third kappa shape index (κ3) is 2.24. The van der Waals surface area contributed by atoms with Gasteiger partial charge in [-0.2, -0.15) is 5.10 Å². The van der Waals surface area contributed by atoms with Crippen LogP contribution in [-0.2, 0) is 7.05 Å². The number of carbonyl (C=O) groups is 1. The number of nitrogens with zero attached hydrogens (tertiary/aromatic N) is 2. The number of aryl methyl sites for hydroxylation is 1. The Morgan fingerprint density at radius 3 is 2.58 bits per heavy atom. The quantitative estimate of drug-likeness (QED) is 0.909. The minimum atomic E-state index is -1.07. The standard InChI is InChI=1S/C13H14N2O4/c1-15-10(7-9(14-15)13(16)17)8-5-4-6-11(18-2)12(8)19-3/h4-7H,1-3H3,(H,16,17). The number of hydrogen-bond donors (Lipinski definition) is 1. The van der Waals surface area contributed by atoms with E-state index in [1.165, 1.54) is 17.9 Å². The predicted molar refractivity (Wildman–Crippen MR) is 68.7 cm³/mol. The van der Waals surface area contributed by atoms with Gasteiger partial charge in [-0.25, -0.2) is 4.79 Å². The summed E-state index contributed by atoms with van der Waals surface area (Å²) in [5.41, 5.74) is 1.36. The van der Waals surface area contributed by atoms with E-state index in [2.05, 4.69) is 5.10 Å². The van der Waals surface area contributed by atoms with E-state index in [-0.39, 0.29) is 5.69 Å². The summed E-state index contributed by atoms with van der Waals surface area (Å²) in [6, 6.07) is 6.91. The molecule has 0 atom stereocenters. The van der Waals surface area contributed by atoms with E-state index in [4.69, 9.17) is 14.6 Å². The van der Waals surface area contributed by atoms with Crippen molar-refractivity contribution in [3.63, 3.8) is 0 Å². The summed E-state index contributed by atoms with van der Waals surface area (Å²) in [4.78, 5) is 10.9. The van der Waals surface area contributed by atoms with E-state index in [1.54, 1.807) is 20.2 Å². The van der Waals surface area contributed by atoms with Gasteiger partial charge in [-0.15, -0.1) is 0 Å². The summed E-state index contributed by atoms with van der Waals surface area (Å²) < 4.78 is 12.1. The van der Waals surface area contributed by atoms with Gasteiger partial charge in [-0.1, -0.05) is 6.07 Å². The highest BCUT2D eigenvalue weighted by Gasteiger charge is 2.17. The van der Waals surface area contributed by atoms with E-state index < -0.39 is 5.97 Å². The SMILES string of the molecule is COc1cccc(-c2cc(C(=O)O)nn2C)c1OC. The zero-order valence-corrected chi connectivity index (χ0v) is 10.9. The van der Waals surface area contributed by atoms with Crippen LogP contribution in [0, 0.1) is 0 Å². The van der Waals surface area contributed by atoms with Crippen LogP contribution in [0.5, 0.6) is 11.5 Å². The first kappa shape index (κ1) is 12.9.